The highest BCUT2D eigenvalue weighted by atomic mass is 16.5. The van der Waals surface area contributed by atoms with Gasteiger partial charge in [0.1, 0.15) is 0 Å². The van der Waals surface area contributed by atoms with Gasteiger partial charge in [0.25, 0.3) is 0 Å². The van der Waals surface area contributed by atoms with Gasteiger partial charge in [0.05, 0.1) is 13.7 Å². The number of likely N-dealkylation sites (N-methyl/N-ethyl adjacent to an activating group) is 1. The SMILES string of the molecule is COC(=O)CN(C)Cc1ccc(C(N)=O)cc1. The molecule has 0 atom stereocenters. The minimum atomic E-state index is -0.445. The molecule has 0 aliphatic rings. The molecule has 0 radical (unpaired) electrons. The quantitative estimate of drug-likeness (QED) is 0.751. The summed E-state index contributed by atoms with van der Waals surface area (Å²) >= 11 is 0. The van der Waals surface area contributed by atoms with Crippen molar-refractivity contribution < 1.29 is 14.3 Å². The van der Waals surface area contributed by atoms with Crippen molar-refractivity contribution in [3.63, 3.8) is 0 Å². The van der Waals surface area contributed by atoms with E-state index in [0.29, 0.717) is 12.1 Å². The minimum absolute atomic E-state index is 0.230. The Balaban J connectivity index is 2.57. The zero-order chi connectivity index (χ0) is 12.8. The molecule has 0 fully saturated rings. The average Bonchev–Trinajstić information content (AvgIpc) is 2.29. The maximum atomic E-state index is 11.0. The third-order valence-corrected chi connectivity index (χ3v) is 2.32. The Bertz CT molecular complexity index is 401. The fourth-order valence-electron chi connectivity index (χ4n) is 1.43. The van der Waals surface area contributed by atoms with Gasteiger partial charge in [0.2, 0.25) is 5.91 Å². The number of hydrogen-bond donors (Lipinski definition) is 1. The zero-order valence-corrected chi connectivity index (χ0v) is 9.97. The molecule has 0 spiro atoms. The predicted molar refractivity (Wildman–Crippen MR) is 63.3 cm³/mol. The summed E-state index contributed by atoms with van der Waals surface area (Å²) in [5.74, 6) is -0.722. The molecule has 0 bridgehead atoms. The van der Waals surface area contributed by atoms with Crippen LogP contribution in [0.4, 0.5) is 0 Å². The van der Waals surface area contributed by atoms with Crippen LogP contribution in [-0.4, -0.2) is 37.5 Å². The molecule has 5 heteroatoms. The average molecular weight is 236 g/mol. The maximum Gasteiger partial charge on any atom is 0.319 e. The third kappa shape index (κ3) is 4.24. The van der Waals surface area contributed by atoms with Crippen molar-refractivity contribution in [3.05, 3.63) is 35.4 Å². The predicted octanol–water partition coefficient (Wildman–Crippen LogP) is 0.390. The van der Waals surface area contributed by atoms with E-state index in [1.807, 2.05) is 24.1 Å². The number of amides is 1. The number of rotatable bonds is 5. The minimum Gasteiger partial charge on any atom is -0.468 e. The first-order valence-electron chi connectivity index (χ1n) is 5.17. The molecule has 0 aromatic heterocycles. The van der Waals surface area contributed by atoms with Crippen molar-refractivity contribution in [3.8, 4) is 0 Å². The topological polar surface area (TPSA) is 72.6 Å². The van der Waals surface area contributed by atoms with Gasteiger partial charge in [-0.15, -0.1) is 0 Å². The molecule has 0 unspecified atom stereocenters. The lowest BCUT2D eigenvalue weighted by Gasteiger charge is -2.15. The van der Waals surface area contributed by atoms with Crippen molar-refractivity contribution in [2.45, 2.75) is 6.54 Å². The molecular weight excluding hydrogens is 220 g/mol. The summed E-state index contributed by atoms with van der Waals surface area (Å²) in [7, 11) is 3.18. The van der Waals surface area contributed by atoms with E-state index in [1.54, 1.807) is 12.1 Å². The van der Waals surface area contributed by atoms with E-state index in [4.69, 9.17) is 5.73 Å². The van der Waals surface area contributed by atoms with Crippen LogP contribution in [0.15, 0.2) is 24.3 Å². The lowest BCUT2D eigenvalue weighted by Crippen LogP contribution is -2.26. The van der Waals surface area contributed by atoms with Crippen LogP contribution in [0, 0.1) is 0 Å². The summed E-state index contributed by atoms with van der Waals surface area (Å²) < 4.78 is 4.57. The van der Waals surface area contributed by atoms with Gasteiger partial charge in [-0.3, -0.25) is 14.5 Å². The number of esters is 1. The molecule has 2 N–H and O–H groups in total. The molecule has 92 valence electrons. The number of nitrogens with zero attached hydrogens (tertiary/aromatic N) is 1. The Morgan fingerprint density at radius 3 is 2.35 bits per heavy atom. The molecule has 0 aliphatic heterocycles. The zero-order valence-electron chi connectivity index (χ0n) is 9.97. The molecular formula is C12H16N2O3. The van der Waals surface area contributed by atoms with Crippen LogP contribution in [0.25, 0.3) is 0 Å². The van der Waals surface area contributed by atoms with E-state index in [2.05, 4.69) is 4.74 Å². The number of ether oxygens (including phenoxy) is 1. The standard InChI is InChI=1S/C12H16N2O3/c1-14(8-11(15)17-2)7-9-3-5-10(6-4-9)12(13)16/h3-6H,7-8H2,1-2H3,(H2,13,16). The summed E-state index contributed by atoms with van der Waals surface area (Å²) in [6.07, 6.45) is 0. The van der Waals surface area contributed by atoms with Crippen LogP contribution in [0.5, 0.6) is 0 Å². The molecule has 5 nitrogen and oxygen atoms in total. The summed E-state index contributed by atoms with van der Waals surface area (Å²) in [4.78, 5) is 23.7. The van der Waals surface area contributed by atoms with Gasteiger partial charge in [-0.1, -0.05) is 12.1 Å². The highest BCUT2D eigenvalue weighted by Crippen LogP contribution is 2.06. The normalized spacial score (nSPS) is 10.3. The molecule has 1 rings (SSSR count). The van der Waals surface area contributed by atoms with E-state index in [1.165, 1.54) is 7.11 Å². The fraction of sp³-hybridized carbons (Fsp3) is 0.333. The molecule has 17 heavy (non-hydrogen) atoms. The number of carbonyl (C=O) groups excluding carboxylic acids is 2. The van der Waals surface area contributed by atoms with E-state index < -0.39 is 5.91 Å². The molecule has 1 amide bonds. The molecule has 0 saturated carbocycles. The Morgan fingerprint density at radius 1 is 1.29 bits per heavy atom. The van der Waals surface area contributed by atoms with E-state index >= 15 is 0 Å². The highest BCUT2D eigenvalue weighted by Gasteiger charge is 2.07. The summed E-state index contributed by atoms with van der Waals surface area (Å²) in [5, 5.41) is 0. The van der Waals surface area contributed by atoms with E-state index in [9.17, 15) is 9.59 Å². The first-order valence-corrected chi connectivity index (χ1v) is 5.17. The van der Waals surface area contributed by atoms with Gasteiger partial charge < -0.3 is 10.5 Å². The molecule has 0 heterocycles. The summed E-state index contributed by atoms with van der Waals surface area (Å²) in [5.41, 5.74) is 6.62. The second kappa shape index (κ2) is 6.00. The number of hydrogen-bond acceptors (Lipinski definition) is 4. The van der Waals surface area contributed by atoms with Gasteiger partial charge >= 0.3 is 5.97 Å². The molecule has 0 saturated heterocycles. The van der Waals surface area contributed by atoms with E-state index in [-0.39, 0.29) is 12.5 Å². The van der Waals surface area contributed by atoms with Gasteiger partial charge in [0.15, 0.2) is 0 Å². The summed E-state index contributed by atoms with van der Waals surface area (Å²) in [6.45, 7) is 0.836. The Labute approximate surface area is 100 Å². The molecule has 0 aliphatic carbocycles. The largest absolute Gasteiger partial charge is 0.468 e. The smallest absolute Gasteiger partial charge is 0.319 e. The van der Waals surface area contributed by atoms with Gasteiger partial charge in [0, 0.05) is 12.1 Å². The van der Waals surface area contributed by atoms with Crippen LogP contribution in [0.3, 0.4) is 0 Å². The van der Waals surface area contributed by atoms with Gasteiger partial charge in [-0.25, -0.2) is 0 Å². The second-order valence-corrected chi connectivity index (χ2v) is 3.81. The molecule has 1 aromatic rings. The third-order valence-electron chi connectivity index (χ3n) is 2.32. The Hall–Kier alpha value is -1.88. The summed E-state index contributed by atoms with van der Waals surface area (Å²) in [6, 6.07) is 6.97. The van der Waals surface area contributed by atoms with Crippen molar-refractivity contribution in [1.82, 2.24) is 4.90 Å². The van der Waals surface area contributed by atoms with Gasteiger partial charge in [-0.05, 0) is 24.7 Å². The Kier molecular flexibility index (Phi) is 4.66. The van der Waals surface area contributed by atoms with Crippen LogP contribution >= 0.6 is 0 Å². The van der Waals surface area contributed by atoms with Gasteiger partial charge in [-0.2, -0.15) is 0 Å². The maximum absolute atomic E-state index is 11.0. The van der Waals surface area contributed by atoms with Crippen LogP contribution < -0.4 is 5.73 Å². The van der Waals surface area contributed by atoms with Crippen molar-refractivity contribution in [2.75, 3.05) is 20.7 Å². The first-order chi connectivity index (χ1) is 8.02. The van der Waals surface area contributed by atoms with Crippen LogP contribution in [0.1, 0.15) is 15.9 Å². The molecule has 1 aromatic carbocycles. The monoisotopic (exact) mass is 236 g/mol. The first kappa shape index (κ1) is 13.2. The van der Waals surface area contributed by atoms with E-state index in [0.717, 1.165) is 5.56 Å². The lowest BCUT2D eigenvalue weighted by atomic mass is 10.1. The van der Waals surface area contributed by atoms with Crippen molar-refractivity contribution in [1.29, 1.82) is 0 Å². The number of carbonyl (C=O) groups is 2. The Morgan fingerprint density at radius 2 is 1.88 bits per heavy atom. The van der Waals surface area contributed by atoms with Crippen molar-refractivity contribution >= 4 is 11.9 Å². The van der Waals surface area contributed by atoms with Crippen molar-refractivity contribution in [2.24, 2.45) is 5.73 Å². The number of primary amides is 1. The highest BCUT2D eigenvalue weighted by molar-refractivity contribution is 5.92. The number of methoxy groups -OCH3 is 1. The number of benzene rings is 1. The lowest BCUT2D eigenvalue weighted by molar-refractivity contribution is -0.141. The van der Waals surface area contributed by atoms with Crippen LogP contribution in [0.2, 0.25) is 0 Å². The number of nitrogens with two attached hydrogens (primary N) is 1. The fourth-order valence-corrected chi connectivity index (χ4v) is 1.43. The second-order valence-electron chi connectivity index (χ2n) is 3.81. The van der Waals surface area contributed by atoms with Crippen LogP contribution in [-0.2, 0) is 16.1 Å².